The first-order valence-electron chi connectivity index (χ1n) is 13.3. The van der Waals surface area contributed by atoms with Gasteiger partial charge in [-0.25, -0.2) is 5.01 Å². The average molecular weight is 464 g/mol. The zero-order valence-corrected chi connectivity index (χ0v) is 20.9. The maximum atomic E-state index is 10.2. The molecule has 0 radical (unpaired) electrons. The van der Waals surface area contributed by atoms with Crippen molar-refractivity contribution in [3.8, 4) is 0 Å². The predicted molar refractivity (Wildman–Crippen MR) is 127 cm³/mol. The van der Waals surface area contributed by atoms with Crippen LogP contribution in [0, 0.1) is 17.3 Å². The fourth-order valence-electron chi connectivity index (χ4n) is 7.22. The van der Waals surface area contributed by atoms with Gasteiger partial charge in [-0.05, 0) is 101 Å². The molecule has 4 aliphatic heterocycles. The van der Waals surface area contributed by atoms with E-state index < -0.39 is 12.2 Å². The molecule has 5 rings (SSSR count). The molecular formula is C24H45N7O2. The van der Waals surface area contributed by atoms with Crippen LogP contribution < -0.4 is 0 Å². The van der Waals surface area contributed by atoms with Crippen molar-refractivity contribution >= 4 is 0 Å². The summed E-state index contributed by atoms with van der Waals surface area (Å²) in [7, 11) is 4.22. The third kappa shape index (κ3) is 4.76. The lowest BCUT2D eigenvalue weighted by Crippen LogP contribution is -2.67. The van der Waals surface area contributed by atoms with Gasteiger partial charge in [-0.3, -0.25) is 14.8 Å². The molecule has 0 aromatic rings. The Morgan fingerprint density at radius 1 is 0.909 bits per heavy atom. The van der Waals surface area contributed by atoms with Gasteiger partial charge in [0.2, 0.25) is 0 Å². The number of nitrogens with zero attached hydrogens (tertiary/aromatic N) is 7. The van der Waals surface area contributed by atoms with E-state index in [9.17, 15) is 10.2 Å². The lowest BCUT2D eigenvalue weighted by molar-refractivity contribution is -0.170. The molecule has 4 heterocycles. The van der Waals surface area contributed by atoms with Gasteiger partial charge in [-0.15, -0.1) is 0 Å². The van der Waals surface area contributed by atoms with E-state index in [4.69, 9.17) is 0 Å². The lowest BCUT2D eigenvalue weighted by Gasteiger charge is -2.55. The molecule has 188 valence electrons. The Balaban J connectivity index is 1.01. The van der Waals surface area contributed by atoms with Crippen LogP contribution in [0.15, 0.2) is 10.4 Å². The van der Waals surface area contributed by atoms with Crippen molar-refractivity contribution in [2.24, 2.45) is 27.7 Å². The summed E-state index contributed by atoms with van der Waals surface area (Å²) < 4.78 is 0. The zero-order valence-electron chi connectivity index (χ0n) is 20.9. The summed E-state index contributed by atoms with van der Waals surface area (Å²) in [6.07, 6.45) is 8.25. The van der Waals surface area contributed by atoms with Crippen LogP contribution in [0.5, 0.6) is 0 Å². The van der Waals surface area contributed by atoms with E-state index in [1.807, 2.05) is 12.1 Å². The normalized spacial score (nSPS) is 40.5. The standard InChI is InChI=1S/C24H45N7O2/c1-18-21(23(33)22(18)32)30-14-9-24(10-15-30)7-12-29(13-8-24)11-6-19-4-5-20(27(2)16-19)31-17-28(3)25-26-31/h18-23,32-33H,4-17H2,1-3H3. The van der Waals surface area contributed by atoms with Crippen molar-refractivity contribution in [2.75, 3.05) is 60.0 Å². The maximum absolute atomic E-state index is 10.2. The van der Waals surface area contributed by atoms with E-state index in [0.717, 1.165) is 32.2 Å². The van der Waals surface area contributed by atoms with E-state index in [1.165, 1.54) is 64.6 Å². The molecule has 9 nitrogen and oxygen atoms in total. The molecule has 0 bridgehead atoms. The molecule has 0 aromatic heterocycles. The Hall–Kier alpha value is -1.00. The maximum Gasteiger partial charge on any atom is 0.128 e. The zero-order chi connectivity index (χ0) is 23.2. The van der Waals surface area contributed by atoms with E-state index in [1.54, 1.807) is 0 Å². The van der Waals surface area contributed by atoms with Gasteiger partial charge in [0.15, 0.2) is 0 Å². The van der Waals surface area contributed by atoms with Crippen molar-refractivity contribution in [2.45, 2.75) is 76.3 Å². The number of piperidine rings is 3. The molecule has 0 aromatic carbocycles. The van der Waals surface area contributed by atoms with Gasteiger partial charge in [0.05, 0.1) is 12.2 Å². The Morgan fingerprint density at radius 3 is 2.21 bits per heavy atom. The summed E-state index contributed by atoms with van der Waals surface area (Å²) in [5, 5.41) is 32.6. The summed E-state index contributed by atoms with van der Waals surface area (Å²) in [6.45, 7) is 9.93. The first-order chi connectivity index (χ1) is 15.8. The number of aliphatic hydroxyl groups is 2. The van der Waals surface area contributed by atoms with Crippen LogP contribution in [-0.2, 0) is 0 Å². The molecule has 33 heavy (non-hydrogen) atoms. The molecule has 1 aliphatic carbocycles. The van der Waals surface area contributed by atoms with E-state index >= 15 is 0 Å². The Bertz CT molecular complexity index is 680. The molecule has 5 aliphatic rings. The smallest absolute Gasteiger partial charge is 0.128 e. The van der Waals surface area contributed by atoms with Gasteiger partial charge in [0.1, 0.15) is 12.8 Å². The summed E-state index contributed by atoms with van der Waals surface area (Å²) in [5.74, 6) is 0.986. The molecule has 9 heteroatoms. The molecule has 6 unspecified atom stereocenters. The SMILES string of the molecule is CC1C(O)C(O)C1N1CCC2(CCN(CCC3CCC(N4CN(C)N=N4)N(C)C3)CC2)CC1. The third-order valence-corrected chi connectivity index (χ3v) is 9.72. The van der Waals surface area contributed by atoms with Crippen molar-refractivity contribution < 1.29 is 10.2 Å². The Morgan fingerprint density at radius 2 is 1.61 bits per heavy atom. The minimum Gasteiger partial charge on any atom is -0.390 e. The average Bonchev–Trinajstić information content (AvgIpc) is 3.26. The van der Waals surface area contributed by atoms with Crippen LogP contribution in [0.1, 0.15) is 51.9 Å². The number of hydrogen-bond acceptors (Lipinski definition) is 9. The van der Waals surface area contributed by atoms with E-state index in [-0.39, 0.29) is 12.0 Å². The molecule has 2 N–H and O–H groups in total. The van der Waals surface area contributed by atoms with Gasteiger partial charge in [0.25, 0.3) is 0 Å². The molecule has 6 atom stereocenters. The number of likely N-dealkylation sites (tertiary alicyclic amines) is 3. The van der Waals surface area contributed by atoms with E-state index in [0.29, 0.717) is 11.6 Å². The second-order valence-electron chi connectivity index (χ2n) is 11.8. The van der Waals surface area contributed by atoms with Gasteiger partial charge < -0.3 is 15.1 Å². The number of rotatable bonds is 5. The highest BCUT2D eigenvalue weighted by molar-refractivity contribution is 5.04. The monoisotopic (exact) mass is 463 g/mol. The minimum atomic E-state index is -0.550. The molecule has 3 saturated heterocycles. The van der Waals surface area contributed by atoms with Gasteiger partial charge in [0, 0.05) is 25.6 Å². The second-order valence-corrected chi connectivity index (χ2v) is 11.8. The predicted octanol–water partition coefficient (Wildman–Crippen LogP) is 1.45. The summed E-state index contributed by atoms with van der Waals surface area (Å²) >= 11 is 0. The quantitative estimate of drug-likeness (QED) is 0.639. The second kappa shape index (κ2) is 9.57. The van der Waals surface area contributed by atoms with Crippen LogP contribution in [0.25, 0.3) is 0 Å². The summed E-state index contributed by atoms with van der Waals surface area (Å²) in [4.78, 5) is 7.64. The summed E-state index contributed by atoms with van der Waals surface area (Å²) in [5.41, 5.74) is 0.513. The number of aliphatic hydroxyl groups excluding tert-OH is 2. The van der Waals surface area contributed by atoms with Crippen LogP contribution >= 0.6 is 0 Å². The Labute approximate surface area is 199 Å². The van der Waals surface area contributed by atoms with Crippen molar-refractivity contribution in [3.63, 3.8) is 0 Å². The van der Waals surface area contributed by atoms with Crippen molar-refractivity contribution in [1.82, 2.24) is 24.7 Å². The van der Waals surface area contributed by atoms with Crippen LogP contribution in [0.3, 0.4) is 0 Å². The first kappa shape index (κ1) is 23.7. The van der Waals surface area contributed by atoms with Gasteiger partial charge in [-0.1, -0.05) is 12.1 Å². The number of hydrogen-bond donors (Lipinski definition) is 2. The highest BCUT2D eigenvalue weighted by Gasteiger charge is 2.50. The highest BCUT2D eigenvalue weighted by atomic mass is 16.3. The van der Waals surface area contributed by atoms with Crippen molar-refractivity contribution in [3.05, 3.63) is 0 Å². The van der Waals surface area contributed by atoms with Gasteiger partial charge >= 0.3 is 0 Å². The molecule has 1 saturated carbocycles. The van der Waals surface area contributed by atoms with Crippen LogP contribution in [0.2, 0.25) is 0 Å². The van der Waals surface area contributed by atoms with Crippen LogP contribution in [-0.4, -0.2) is 119 Å². The minimum absolute atomic E-state index is 0.167. The fraction of sp³-hybridized carbons (Fsp3) is 1.00. The summed E-state index contributed by atoms with van der Waals surface area (Å²) in [6, 6.07) is 0.167. The van der Waals surface area contributed by atoms with Crippen molar-refractivity contribution in [1.29, 1.82) is 0 Å². The molecular weight excluding hydrogens is 418 g/mol. The van der Waals surface area contributed by atoms with Crippen LogP contribution in [0.4, 0.5) is 0 Å². The molecule has 1 spiro atoms. The lowest BCUT2D eigenvalue weighted by atomic mass is 9.68. The van der Waals surface area contributed by atoms with Gasteiger partial charge in [-0.2, -0.15) is 0 Å². The third-order valence-electron chi connectivity index (χ3n) is 9.72. The first-order valence-corrected chi connectivity index (χ1v) is 13.3. The Kier molecular flexibility index (Phi) is 6.88. The fourth-order valence-corrected chi connectivity index (χ4v) is 7.22. The molecule has 0 amide bonds. The largest absolute Gasteiger partial charge is 0.390 e. The topological polar surface area (TPSA) is 81.4 Å². The van der Waals surface area contributed by atoms with E-state index in [2.05, 4.69) is 44.1 Å². The highest BCUT2D eigenvalue weighted by Crippen LogP contribution is 2.44. The molecule has 4 fully saturated rings.